The molecular weight excluding hydrogens is 284 g/mol. The smallest absolute Gasteiger partial charge is 0.306 e. The summed E-state index contributed by atoms with van der Waals surface area (Å²) in [4.78, 5) is 12.0. The van der Waals surface area contributed by atoms with Crippen molar-refractivity contribution < 1.29 is 9.53 Å². The van der Waals surface area contributed by atoms with Gasteiger partial charge in [-0.2, -0.15) is 0 Å². The molecule has 3 aliphatic rings. The highest BCUT2D eigenvalue weighted by atomic mass is 16.6. The van der Waals surface area contributed by atoms with E-state index in [2.05, 4.69) is 13.8 Å². The molecule has 0 aromatic rings. The van der Waals surface area contributed by atoms with Gasteiger partial charge in [-0.25, -0.2) is 0 Å². The van der Waals surface area contributed by atoms with E-state index in [0.29, 0.717) is 6.42 Å². The van der Waals surface area contributed by atoms with Crippen LogP contribution in [0.25, 0.3) is 0 Å². The summed E-state index contributed by atoms with van der Waals surface area (Å²) >= 11 is 0. The van der Waals surface area contributed by atoms with Gasteiger partial charge in [0.05, 0.1) is 0 Å². The second-order valence-electron chi connectivity index (χ2n) is 9.51. The van der Waals surface area contributed by atoms with Crippen LogP contribution in [-0.4, -0.2) is 11.6 Å². The highest BCUT2D eigenvalue weighted by molar-refractivity contribution is 5.69. The molecule has 0 spiro atoms. The molecule has 23 heavy (non-hydrogen) atoms. The van der Waals surface area contributed by atoms with Gasteiger partial charge in [0.1, 0.15) is 5.60 Å². The Morgan fingerprint density at radius 1 is 0.957 bits per heavy atom. The monoisotopic (exact) mass is 320 g/mol. The van der Waals surface area contributed by atoms with E-state index < -0.39 is 0 Å². The lowest BCUT2D eigenvalue weighted by Gasteiger charge is -2.36. The summed E-state index contributed by atoms with van der Waals surface area (Å²) in [5, 5.41) is 0. The van der Waals surface area contributed by atoms with Crippen LogP contribution in [-0.2, 0) is 9.53 Å². The first kappa shape index (κ1) is 17.3. The molecule has 0 aromatic carbocycles. The van der Waals surface area contributed by atoms with Crippen molar-refractivity contribution in [3.8, 4) is 0 Å². The maximum atomic E-state index is 12.0. The van der Waals surface area contributed by atoms with Crippen molar-refractivity contribution in [2.24, 2.45) is 41.4 Å². The van der Waals surface area contributed by atoms with Crippen LogP contribution >= 0.6 is 0 Å². The molecule has 132 valence electrons. The summed E-state index contributed by atoms with van der Waals surface area (Å²) in [6, 6.07) is 0. The van der Waals surface area contributed by atoms with Gasteiger partial charge in [0, 0.05) is 6.42 Å². The molecule has 2 bridgehead atoms. The fourth-order valence-corrected chi connectivity index (χ4v) is 6.56. The maximum absolute atomic E-state index is 12.0. The number of carbonyl (C=O) groups is 1. The minimum absolute atomic E-state index is 0.00159. The standard InChI is InChI=1S/C21H36O2/c1-6-13-10-14(7-2)20-17-12-16(19(13)20)11-15(17)8-9-18(22)23-21(3,4)5/h13-17,19-20H,6-12H2,1-5H3. The van der Waals surface area contributed by atoms with Crippen molar-refractivity contribution >= 4 is 5.97 Å². The van der Waals surface area contributed by atoms with Gasteiger partial charge in [0.15, 0.2) is 0 Å². The van der Waals surface area contributed by atoms with Gasteiger partial charge in [-0.05, 0) is 87.9 Å². The molecule has 0 aliphatic heterocycles. The lowest BCUT2D eigenvalue weighted by molar-refractivity contribution is -0.155. The Balaban J connectivity index is 1.58. The normalized spacial score (nSPS) is 42.0. The number of ether oxygens (including phenoxy) is 1. The van der Waals surface area contributed by atoms with E-state index in [1.54, 1.807) is 0 Å². The summed E-state index contributed by atoms with van der Waals surface area (Å²) in [7, 11) is 0. The van der Waals surface area contributed by atoms with Crippen LogP contribution in [0.4, 0.5) is 0 Å². The predicted molar refractivity (Wildman–Crippen MR) is 93.9 cm³/mol. The van der Waals surface area contributed by atoms with Gasteiger partial charge in [0.2, 0.25) is 0 Å². The number of rotatable bonds is 5. The van der Waals surface area contributed by atoms with Crippen molar-refractivity contribution in [3.63, 3.8) is 0 Å². The van der Waals surface area contributed by atoms with Crippen LogP contribution in [0.2, 0.25) is 0 Å². The quantitative estimate of drug-likeness (QED) is 0.629. The molecule has 0 amide bonds. The number of hydrogen-bond acceptors (Lipinski definition) is 2. The number of hydrogen-bond donors (Lipinski definition) is 0. The lowest BCUT2D eigenvalue weighted by Crippen LogP contribution is -2.30. The summed E-state index contributed by atoms with van der Waals surface area (Å²) in [6.45, 7) is 10.7. The highest BCUT2D eigenvalue weighted by Crippen LogP contribution is 2.66. The Labute approximate surface area is 142 Å². The average Bonchev–Trinajstić information content (AvgIpc) is 3.12. The summed E-state index contributed by atoms with van der Waals surface area (Å²) in [6.07, 6.45) is 8.75. The van der Waals surface area contributed by atoms with Crippen molar-refractivity contribution in [1.29, 1.82) is 0 Å². The Bertz CT molecular complexity index is 436. The molecule has 0 heterocycles. The summed E-state index contributed by atoms with van der Waals surface area (Å²) < 4.78 is 5.50. The third-order valence-electron chi connectivity index (χ3n) is 7.15. The second kappa shape index (κ2) is 6.41. The molecule has 3 aliphatic carbocycles. The Hall–Kier alpha value is -0.530. The van der Waals surface area contributed by atoms with Crippen LogP contribution in [0, 0.1) is 41.4 Å². The lowest BCUT2D eigenvalue weighted by atomic mass is 9.69. The van der Waals surface area contributed by atoms with E-state index in [1.807, 2.05) is 20.8 Å². The first-order valence-corrected chi connectivity index (χ1v) is 10.1. The molecule has 3 fully saturated rings. The van der Waals surface area contributed by atoms with Crippen molar-refractivity contribution in [2.75, 3.05) is 0 Å². The molecule has 3 saturated carbocycles. The SMILES string of the molecule is CCC1CC(CC)C2C3CC(CC3CCC(=O)OC(C)(C)C)C12. The number of carbonyl (C=O) groups excluding carboxylic acids is 1. The molecule has 2 heteroatoms. The minimum atomic E-state index is -0.343. The fourth-order valence-electron chi connectivity index (χ4n) is 6.56. The Kier molecular flexibility index (Phi) is 4.82. The van der Waals surface area contributed by atoms with E-state index in [-0.39, 0.29) is 11.6 Å². The minimum Gasteiger partial charge on any atom is -0.460 e. The van der Waals surface area contributed by atoms with Gasteiger partial charge in [0.25, 0.3) is 0 Å². The topological polar surface area (TPSA) is 26.3 Å². The van der Waals surface area contributed by atoms with Crippen LogP contribution < -0.4 is 0 Å². The van der Waals surface area contributed by atoms with Gasteiger partial charge in [-0.1, -0.05) is 26.7 Å². The number of esters is 1. The van der Waals surface area contributed by atoms with Crippen LogP contribution in [0.5, 0.6) is 0 Å². The van der Waals surface area contributed by atoms with E-state index in [9.17, 15) is 4.79 Å². The third kappa shape index (κ3) is 3.33. The van der Waals surface area contributed by atoms with E-state index in [0.717, 1.165) is 47.8 Å². The van der Waals surface area contributed by atoms with Crippen LogP contribution in [0.15, 0.2) is 0 Å². The zero-order valence-electron chi connectivity index (χ0n) is 15.8. The van der Waals surface area contributed by atoms with Gasteiger partial charge < -0.3 is 4.74 Å². The average molecular weight is 321 g/mol. The zero-order chi connectivity index (χ0) is 16.8. The van der Waals surface area contributed by atoms with Crippen molar-refractivity contribution in [3.05, 3.63) is 0 Å². The highest BCUT2D eigenvalue weighted by Gasteiger charge is 2.59. The molecule has 2 nitrogen and oxygen atoms in total. The molecule has 0 saturated heterocycles. The summed E-state index contributed by atoms with van der Waals surface area (Å²) in [5.41, 5.74) is -0.343. The first-order chi connectivity index (χ1) is 10.8. The second-order valence-corrected chi connectivity index (χ2v) is 9.51. The van der Waals surface area contributed by atoms with Crippen molar-refractivity contribution in [1.82, 2.24) is 0 Å². The molecule has 0 aromatic heterocycles. The molecule has 7 atom stereocenters. The molecular formula is C21H36O2. The van der Waals surface area contributed by atoms with Crippen LogP contribution in [0.3, 0.4) is 0 Å². The van der Waals surface area contributed by atoms with E-state index in [1.165, 1.54) is 32.1 Å². The first-order valence-electron chi connectivity index (χ1n) is 10.1. The molecule has 0 N–H and O–H groups in total. The zero-order valence-corrected chi connectivity index (χ0v) is 15.8. The molecule has 3 rings (SSSR count). The summed E-state index contributed by atoms with van der Waals surface area (Å²) in [5.74, 6) is 6.63. The van der Waals surface area contributed by atoms with Crippen LogP contribution in [0.1, 0.15) is 79.6 Å². The number of fused-ring (bicyclic) bond motifs is 5. The largest absolute Gasteiger partial charge is 0.460 e. The van der Waals surface area contributed by atoms with Crippen molar-refractivity contribution in [2.45, 2.75) is 85.2 Å². The maximum Gasteiger partial charge on any atom is 0.306 e. The Morgan fingerprint density at radius 3 is 2.22 bits per heavy atom. The molecule has 7 unspecified atom stereocenters. The van der Waals surface area contributed by atoms with Gasteiger partial charge in [-0.3, -0.25) is 4.79 Å². The Morgan fingerprint density at radius 2 is 1.61 bits per heavy atom. The van der Waals surface area contributed by atoms with Gasteiger partial charge >= 0.3 is 5.97 Å². The molecule has 0 radical (unpaired) electrons. The third-order valence-corrected chi connectivity index (χ3v) is 7.15. The van der Waals surface area contributed by atoms with E-state index in [4.69, 9.17) is 4.74 Å². The van der Waals surface area contributed by atoms with E-state index >= 15 is 0 Å². The fraction of sp³-hybridized carbons (Fsp3) is 0.952. The predicted octanol–water partition coefficient (Wildman–Crippen LogP) is 5.45. The van der Waals surface area contributed by atoms with Gasteiger partial charge in [-0.15, -0.1) is 0 Å².